The number of hydrogen-bond donors (Lipinski definition) is 1. The number of rotatable bonds is 6. The summed E-state index contributed by atoms with van der Waals surface area (Å²) in [6.45, 7) is 1.58. The molecule has 0 amide bonds. The molecule has 0 aliphatic carbocycles. The van der Waals surface area contributed by atoms with Crippen LogP contribution in [0.1, 0.15) is 31.4 Å². The molecule has 2 N–H and O–H groups in total. The minimum Gasteiger partial charge on any atom is -0.324 e. The predicted octanol–water partition coefficient (Wildman–Crippen LogP) is 2.18. The van der Waals surface area contributed by atoms with Gasteiger partial charge in [-0.25, -0.2) is 17.2 Å². The van der Waals surface area contributed by atoms with E-state index < -0.39 is 27.5 Å². The van der Waals surface area contributed by atoms with Gasteiger partial charge in [0, 0.05) is 23.4 Å². The molecular formula is C12H17F2NO2S. The van der Waals surface area contributed by atoms with E-state index in [0.29, 0.717) is 12.8 Å². The standard InChI is InChI=1S/C12H17F2NO2S/c1-2-18(16,17)7-3-4-12(15)10-6-5-9(13)8-11(10)14/h5-6,8,12H,2-4,7,15H2,1H3. The summed E-state index contributed by atoms with van der Waals surface area (Å²) in [4.78, 5) is 0. The van der Waals surface area contributed by atoms with Crippen molar-refractivity contribution in [1.29, 1.82) is 0 Å². The zero-order valence-corrected chi connectivity index (χ0v) is 11.0. The van der Waals surface area contributed by atoms with Crippen LogP contribution in [-0.4, -0.2) is 19.9 Å². The Morgan fingerprint density at radius 1 is 1.33 bits per heavy atom. The summed E-state index contributed by atoms with van der Waals surface area (Å²) in [6, 6.07) is 2.60. The molecule has 102 valence electrons. The molecule has 0 radical (unpaired) electrons. The number of benzene rings is 1. The van der Waals surface area contributed by atoms with Crippen molar-refractivity contribution in [2.24, 2.45) is 5.73 Å². The van der Waals surface area contributed by atoms with Crippen molar-refractivity contribution in [2.45, 2.75) is 25.8 Å². The van der Waals surface area contributed by atoms with Crippen LogP contribution in [0.4, 0.5) is 8.78 Å². The van der Waals surface area contributed by atoms with E-state index in [9.17, 15) is 17.2 Å². The highest BCUT2D eigenvalue weighted by Crippen LogP contribution is 2.20. The Balaban J connectivity index is 2.58. The molecule has 3 nitrogen and oxygen atoms in total. The molecule has 0 fully saturated rings. The monoisotopic (exact) mass is 277 g/mol. The summed E-state index contributed by atoms with van der Waals surface area (Å²) in [5.41, 5.74) is 5.97. The van der Waals surface area contributed by atoms with Crippen LogP contribution in [0, 0.1) is 11.6 Å². The second-order valence-electron chi connectivity index (χ2n) is 4.15. The van der Waals surface area contributed by atoms with Gasteiger partial charge in [-0.3, -0.25) is 0 Å². The lowest BCUT2D eigenvalue weighted by atomic mass is 10.0. The van der Waals surface area contributed by atoms with E-state index >= 15 is 0 Å². The molecule has 6 heteroatoms. The fraction of sp³-hybridized carbons (Fsp3) is 0.500. The molecular weight excluding hydrogens is 260 g/mol. The first-order chi connectivity index (χ1) is 8.35. The summed E-state index contributed by atoms with van der Waals surface area (Å²) in [5, 5.41) is 0. The molecule has 0 saturated carbocycles. The zero-order chi connectivity index (χ0) is 13.8. The molecule has 1 aromatic carbocycles. The zero-order valence-electron chi connectivity index (χ0n) is 10.2. The summed E-state index contributed by atoms with van der Waals surface area (Å²) in [7, 11) is -3.02. The van der Waals surface area contributed by atoms with Gasteiger partial charge >= 0.3 is 0 Å². The summed E-state index contributed by atoms with van der Waals surface area (Å²) in [6.07, 6.45) is 0.718. The minimum atomic E-state index is -3.02. The van der Waals surface area contributed by atoms with Crippen molar-refractivity contribution >= 4 is 9.84 Å². The highest BCUT2D eigenvalue weighted by atomic mass is 32.2. The summed E-state index contributed by atoms with van der Waals surface area (Å²) < 4.78 is 48.6. The van der Waals surface area contributed by atoms with Crippen molar-refractivity contribution in [3.63, 3.8) is 0 Å². The number of hydrogen-bond acceptors (Lipinski definition) is 3. The van der Waals surface area contributed by atoms with Crippen molar-refractivity contribution in [3.8, 4) is 0 Å². The van der Waals surface area contributed by atoms with Crippen molar-refractivity contribution in [1.82, 2.24) is 0 Å². The molecule has 1 unspecified atom stereocenters. The third-order valence-corrected chi connectivity index (χ3v) is 4.56. The number of nitrogens with two attached hydrogens (primary N) is 1. The van der Waals surface area contributed by atoms with Gasteiger partial charge in [0.1, 0.15) is 21.5 Å². The second-order valence-corrected chi connectivity index (χ2v) is 6.62. The van der Waals surface area contributed by atoms with Crippen LogP contribution in [0.15, 0.2) is 18.2 Å². The van der Waals surface area contributed by atoms with Crippen molar-refractivity contribution in [3.05, 3.63) is 35.4 Å². The lowest BCUT2D eigenvalue weighted by Gasteiger charge is -2.12. The van der Waals surface area contributed by atoms with Crippen molar-refractivity contribution in [2.75, 3.05) is 11.5 Å². The SMILES string of the molecule is CCS(=O)(=O)CCCC(N)c1ccc(F)cc1F. The van der Waals surface area contributed by atoms with Crippen LogP contribution in [0.2, 0.25) is 0 Å². The maximum absolute atomic E-state index is 13.4. The van der Waals surface area contributed by atoms with Gasteiger partial charge in [-0.2, -0.15) is 0 Å². The van der Waals surface area contributed by atoms with Gasteiger partial charge in [-0.05, 0) is 18.9 Å². The Hall–Kier alpha value is -1.01. The molecule has 0 aliphatic rings. The van der Waals surface area contributed by atoms with Crippen LogP contribution in [0.5, 0.6) is 0 Å². The van der Waals surface area contributed by atoms with Gasteiger partial charge in [-0.15, -0.1) is 0 Å². The minimum absolute atomic E-state index is 0.0417. The number of sulfone groups is 1. The topological polar surface area (TPSA) is 60.2 Å². The van der Waals surface area contributed by atoms with Gasteiger partial charge in [0.15, 0.2) is 0 Å². The van der Waals surface area contributed by atoms with E-state index in [-0.39, 0.29) is 17.1 Å². The van der Waals surface area contributed by atoms with Crippen LogP contribution < -0.4 is 5.73 Å². The Morgan fingerprint density at radius 2 is 2.00 bits per heavy atom. The Bertz CT molecular complexity index is 503. The van der Waals surface area contributed by atoms with Crippen molar-refractivity contribution < 1.29 is 17.2 Å². The van der Waals surface area contributed by atoms with Gasteiger partial charge in [-0.1, -0.05) is 13.0 Å². The fourth-order valence-corrected chi connectivity index (χ4v) is 2.52. The molecule has 0 spiro atoms. The third-order valence-electron chi connectivity index (χ3n) is 2.77. The lowest BCUT2D eigenvalue weighted by molar-refractivity contribution is 0.539. The van der Waals surface area contributed by atoms with Gasteiger partial charge in [0.25, 0.3) is 0 Å². The smallest absolute Gasteiger partial charge is 0.150 e. The highest BCUT2D eigenvalue weighted by Gasteiger charge is 2.14. The Labute approximate surface area is 106 Å². The van der Waals surface area contributed by atoms with E-state index in [1.54, 1.807) is 6.92 Å². The summed E-state index contributed by atoms with van der Waals surface area (Å²) in [5.74, 6) is -1.22. The fourth-order valence-electron chi connectivity index (χ4n) is 1.63. The quantitative estimate of drug-likeness (QED) is 0.867. The van der Waals surface area contributed by atoms with Crippen LogP contribution in [0.25, 0.3) is 0 Å². The molecule has 1 rings (SSSR count). The first-order valence-electron chi connectivity index (χ1n) is 5.76. The van der Waals surface area contributed by atoms with Crippen LogP contribution >= 0.6 is 0 Å². The average molecular weight is 277 g/mol. The Kier molecular flexibility index (Phi) is 5.22. The van der Waals surface area contributed by atoms with E-state index in [1.165, 1.54) is 6.07 Å². The molecule has 0 aliphatic heterocycles. The van der Waals surface area contributed by atoms with Gasteiger partial charge in [0.2, 0.25) is 0 Å². The number of halogens is 2. The molecule has 18 heavy (non-hydrogen) atoms. The lowest BCUT2D eigenvalue weighted by Crippen LogP contribution is -2.15. The van der Waals surface area contributed by atoms with E-state index in [1.807, 2.05) is 0 Å². The van der Waals surface area contributed by atoms with Gasteiger partial charge < -0.3 is 5.73 Å². The van der Waals surface area contributed by atoms with Gasteiger partial charge in [0.05, 0.1) is 5.75 Å². The van der Waals surface area contributed by atoms with E-state index in [4.69, 9.17) is 5.73 Å². The molecule has 0 bridgehead atoms. The molecule has 1 atom stereocenters. The molecule has 1 aromatic rings. The second kappa shape index (κ2) is 6.24. The maximum Gasteiger partial charge on any atom is 0.150 e. The first-order valence-corrected chi connectivity index (χ1v) is 7.59. The molecule has 0 aromatic heterocycles. The average Bonchev–Trinajstić information content (AvgIpc) is 2.28. The maximum atomic E-state index is 13.4. The van der Waals surface area contributed by atoms with Crippen LogP contribution in [0.3, 0.4) is 0 Å². The predicted molar refractivity (Wildman–Crippen MR) is 66.8 cm³/mol. The molecule has 0 heterocycles. The van der Waals surface area contributed by atoms with E-state index in [2.05, 4.69) is 0 Å². The van der Waals surface area contributed by atoms with Crippen LogP contribution in [-0.2, 0) is 9.84 Å². The summed E-state index contributed by atoms with van der Waals surface area (Å²) >= 11 is 0. The Morgan fingerprint density at radius 3 is 2.56 bits per heavy atom. The highest BCUT2D eigenvalue weighted by molar-refractivity contribution is 7.91. The molecule has 0 saturated heterocycles. The van der Waals surface area contributed by atoms with E-state index in [0.717, 1.165) is 12.1 Å². The first kappa shape index (κ1) is 15.0. The third kappa shape index (κ3) is 4.34. The normalized spacial score (nSPS) is 13.6. The largest absolute Gasteiger partial charge is 0.324 e.